The van der Waals surface area contributed by atoms with E-state index in [0.29, 0.717) is 30.6 Å². The van der Waals surface area contributed by atoms with Crippen LogP contribution in [0.2, 0.25) is 0 Å². The summed E-state index contributed by atoms with van der Waals surface area (Å²) < 4.78 is 5.49. The molecular formula is C26H34O4. The maximum Gasteiger partial charge on any atom is 0.294 e. The van der Waals surface area contributed by atoms with Crippen LogP contribution in [0.1, 0.15) is 116 Å². The molecule has 1 aliphatic carbocycles. The van der Waals surface area contributed by atoms with Gasteiger partial charge < -0.3 is 9.52 Å². The number of Topliss-reactive ketones (excluding diaryl/α,β-unsaturated/α-hetero) is 2. The molecule has 1 unspecified atom stereocenters. The van der Waals surface area contributed by atoms with E-state index in [1.54, 1.807) is 0 Å². The van der Waals surface area contributed by atoms with Gasteiger partial charge in [0, 0.05) is 19.3 Å². The monoisotopic (exact) mass is 410 g/mol. The van der Waals surface area contributed by atoms with Crippen molar-refractivity contribution < 1.29 is 19.1 Å². The highest BCUT2D eigenvalue weighted by Gasteiger charge is 2.36. The van der Waals surface area contributed by atoms with Crippen molar-refractivity contribution in [2.24, 2.45) is 0 Å². The topological polar surface area (TPSA) is 67.5 Å². The molecule has 1 aromatic heterocycles. The van der Waals surface area contributed by atoms with Crippen LogP contribution in [0.25, 0.3) is 0 Å². The molecule has 2 aromatic rings. The van der Waals surface area contributed by atoms with E-state index < -0.39 is 0 Å². The lowest BCUT2D eigenvalue weighted by Gasteiger charge is -2.20. The Morgan fingerprint density at radius 3 is 2.27 bits per heavy atom. The molecule has 0 amide bonds. The van der Waals surface area contributed by atoms with E-state index in [1.165, 1.54) is 38.5 Å². The largest absolute Gasteiger partial charge is 0.480 e. The first kappa shape index (κ1) is 22.3. The van der Waals surface area contributed by atoms with E-state index >= 15 is 0 Å². The molecule has 162 valence electrons. The van der Waals surface area contributed by atoms with Gasteiger partial charge in [0.25, 0.3) is 5.95 Å². The highest BCUT2D eigenvalue weighted by atomic mass is 16.5. The van der Waals surface area contributed by atoms with E-state index in [0.717, 1.165) is 24.8 Å². The van der Waals surface area contributed by atoms with Crippen molar-refractivity contribution in [2.75, 3.05) is 0 Å². The van der Waals surface area contributed by atoms with Gasteiger partial charge in [-0.2, -0.15) is 0 Å². The summed E-state index contributed by atoms with van der Waals surface area (Å²) in [5.41, 5.74) is 1.51. The summed E-state index contributed by atoms with van der Waals surface area (Å²) in [4.78, 5) is 25.5. The zero-order valence-corrected chi connectivity index (χ0v) is 18.1. The Labute approximate surface area is 179 Å². The van der Waals surface area contributed by atoms with Crippen LogP contribution in [0.3, 0.4) is 0 Å². The maximum atomic E-state index is 12.8. The first-order valence-electron chi connectivity index (χ1n) is 11.6. The number of unbranched alkanes of at least 4 members (excludes halogenated alkanes) is 8. The Balaban J connectivity index is 1.52. The van der Waals surface area contributed by atoms with E-state index in [1.807, 2.05) is 30.3 Å². The third kappa shape index (κ3) is 5.62. The van der Waals surface area contributed by atoms with Crippen molar-refractivity contribution in [1.82, 2.24) is 0 Å². The molecule has 30 heavy (non-hydrogen) atoms. The molecule has 1 heterocycles. The average Bonchev–Trinajstić information content (AvgIpc) is 3.09. The molecular weight excluding hydrogens is 376 g/mol. The van der Waals surface area contributed by atoms with Crippen LogP contribution in [0.15, 0.2) is 34.7 Å². The molecule has 1 aliphatic rings. The third-order valence-corrected chi connectivity index (χ3v) is 6.16. The number of aromatic hydroxyl groups is 1. The fourth-order valence-electron chi connectivity index (χ4n) is 4.47. The quantitative estimate of drug-likeness (QED) is 0.302. The molecule has 1 atom stereocenters. The molecule has 0 saturated carbocycles. The van der Waals surface area contributed by atoms with Gasteiger partial charge in [0.2, 0.25) is 0 Å². The number of carbonyl (C=O) groups is 2. The van der Waals surface area contributed by atoms with E-state index in [9.17, 15) is 14.7 Å². The lowest BCUT2D eigenvalue weighted by molar-refractivity contribution is 0.0935. The molecule has 0 radical (unpaired) electrons. The van der Waals surface area contributed by atoms with Crippen LogP contribution >= 0.6 is 0 Å². The van der Waals surface area contributed by atoms with Gasteiger partial charge in [0.15, 0.2) is 11.6 Å². The Hall–Kier alpha value is -2.36. The van der Waals surface area contributed by atoms with Crippen molar-refractivity contribution in [3.63, 3.8) is 0 Å². The highest BCUT2D eigenvalue weighted by molar-refractivity contribution is 6.11. The fraction of sp³-hybridized carbons (Fsp3) is 0.538. The van der Waals surface area contributed by atoms with Crippen molar-refractivity contribution in [3.8, 4) is 5.95 Å². The second kappa shape index (κ2) is 11.1. The van der Waals surface area contributed by atoms with Gasteiger partial charge in [0.05, 0.1) is 5.56 Å². The summed E-state index contributed by atoms with van der Waals surface area (Å²) >= 11 is 0. The van der Waals surface area contributed by atoms with Crippen LogP contribution in [0.5, 0.6) is 5.95 Å². The second-order valence-electron chi connectivity index (χ2n) is 8.52. The number of ketones is 2. The molecule has 0 bridgehead atoms. The normalized spacial score (nSPS) is 15.9. The molecule has 1 N–H and O–H groups in total. The standard InChI is InChI=1S/C26H34O4/c1-2-3-4-5-6-7-8-9-13-16-21(27)25-24-22(28)17-20(18-23(24)30-26(25)29)19-14-11-10-12-15-19/h10-12,14-15,20,29H,2-9,13,16-18H2,1H3. The Bertz CT molecular complexity index is 834. The minimum Gasteiger partial charge on any atom is -0.480 e. The summed E-state index contributed by atoms with van der Waals surface area (Å²) in [6.45, 7) is 2.22. The van der Waals surface area contributed by atoms with Gasteiger partial charge in [-0.15, -0.1) is 0 Å². The SMILES string of the molecule is CCCCCCCCCCCC(=O)c1c(O)oc2c1C(=O)CC(c1ccccc1)C2. The van der Waals surface area contributed by atoms with Crippen molar-refractivity contribution in [3.05, 3.63) is 52.8 Å². The fourth-order valence-corrected chi connectivity index (χ4v) is 4.47. The first-order valence-corrected chi connectivity index (χ1v) is 11.6. The van der Waals surface area contributed by atoms with E-state index in [4.69, 9.17) is 4.42 Å². The van der Waals surface area contributed by atoms with Crippen LogP contribution in [0, 0.1) is 0 Å². The summed E-state index contributed by atoms with van der Waals surface area (Å²) in [6.07, 6.45) is 11.8. The highest BCUT2D eigenvalue weighted by Crippen LogP contribution is 2.39. The number of rotatable bonds is 12. The molecule has 0 fully saturated rings. The van der Waals surface area contributed by atoms with Crippen LogP contribution in [0.4, 0.5) is 0 Å². The van der Waals surface area contributed by atoms with Gasteiger partial charge in [-0.1, -0.05) is 88.6 Å². The Morgan fingerprint density at radius 2 is 1.60 bits per heavy atom. The Kier molecular flexibility index (Phi) is 8.30. The van der Waals surface area contributed by atoms with Gasteiger partial charge >= 0.3 is 0 Å². The summed E-state index contributed by atoms with van der Waals surface area (Å²) in [6, 6.07) is 9.86. The minimum atomic E-state index is -0.386. The van der Waals surface area contributed by atoms with Gasteiger partial charge in [0.1, 0.15) is 11.3 Å². The van der Waals surface area contributed by atoms with Crippen LogP contribution < -0.4 is 0 Å². The first-order chi connectivity index (χ1) is 14.6. The predicted octanol–water partition coefficient (Wildman–Crippen LogP) is 7.00. The van der Waals surface area contributed by atoms with Crippen molar-refractivity contribution in [1.29, 1.82) is 0 Å². The number of hydrogen-bond donors (Lipinski definition) is 1. The lowest BCUT2D eigenvalue weighted by atomic mass is 9.81. The van der Waals surface area contributed by atoms with E-state index in [-0.39, 0.29) is 29.0 Å². The zero-order valence-electron chi connectivity index (χ0n) is 18.1. The molecule has 0 spiro atoms. The number of hydrogen-bond acceptors (Lipinski definition) is 4. The van der Waals surface area contributed by atoms with Gasteiger partial charge in [-0.25, -0.2) is 0 Å². The molecule has 3 rings (SSSR count). The second-order valence-corrected chi connectivity index (χ2v) is 8.52. The average molecular weight is 411 g/mol. The van der Waals surface area contributed by atoms with Crippen molar-refractivity contribution >= 4 is 11.6 Å². The summed E-state index contributed by atoms with van der Waals surface area (Å²) in [5, 5.41) is 10.3. The molecule has 4 nitrogen and oxygen atoms in total. The Morgan fingerprint density at radius 1 is 0.967 bits per heavy atom. The minimum absolute atomic E-state index is 0.0250. The van der Waals surface area contributed by atoms with E-state index in [2.05, 4.69) is 6.92 Å². The van der Waals surface area contributed by atoms with Gasteiger partial charge in [-0.05, 0) is 17.9 Å². The predicted molar refractivity (Wildman–Crippen MR) is 118 cm³/mol. The summed E-state index contributed by atoms with van der Waals surface area (Å²) in [5.74, 6) is -0.190. The molecule has 1 aromatic carbocycles. The van der Waals surface area contributed by atoms with Crippen LogP contribution in [-0.2, 0) is 6.42 Å². The lowest BCUT2D eigenvalue weighted by Crippen LogP contribution is -2.19. The number of fused-ring (bicyclic) bond motifs is 1. The number of benzene rings is 1. The smallest absolute Gasteiger partial charge is 0.294 e. The van der Waals surface area contributed by atoms with Crippen molar-refractivity contribution in [2.45, 2.75) is 89.9 Å². The molecule has 0 saturated heterocycles. The molecule has 0 aliphatic heterocycles. The van der Waals surface area contributed by atoms with Crippen LogP contribution in [-0.4, -0.2) is 16.7 Å². The maximum absolute atomic E-state index is 12.8. The zero-order chi connectivity index (χ0) is 21.3. The third-order valence-electron chi connectivity index (χ3n) is 6.16. The van der Waals surface area contributed by atoms with Gasteiger partial charge in [-0.3, -0.25) is 9.59 Å². The number of carbonyl (C=O) groups excluding carboxylic acids is 2. The molecule has 4 heteroatoms. The summed E-state index contributed by atoms with van der Waals surface area (Å²) in [7, 11) is 0. The number of furan rings is 1.